The molecule has 8 rings (SSSR count). The summed E-state index contributed by atoms with van der Waals surface area (Å²) in [6.45, 7) is 2.24. The van der Waals surface area contributed by atoms with Crippen molar-refractivity contribution < 1.29 is 5.11 Å². The first-order chi connectivity index (χ1) is 23.7. The fourth-order valence-electron chi connectivity index (χ4n) is 6.83. The number of benzene rings is 3. The van der Waals surface area contributed by atoms with Crippen LogP contribution in [0.4, 0.5) is 0 Å². The lowest BCUT2D eigenvalue weighted by molar-refractivity contribution is 0.475. The molecule has 48 heavy (non-hydrogen) atoms. The van der Waals surface area contributed by atoms with Gasteiger partial charge in [0, 0.05) is 44.3 Å². The molecule has 0 spiro atoms. The molecule has 0 aliphatic carbocycles. The van der Waals surface area contributed by atoms with Crippen LogP contribution >= 0.6 is 0 Å². The third-order valence-corrected chi connectivity index (χ3v) is 9.17. The Morgan fingerprint density at radius 1 is 0.479 bits per heavy atom. The van der Waals surface area contributed by atoms with Gasteiger partial charge in [-0.2, -0.15) is 0 Å². The summed E-state index contributed by atoms with van der Waals surface area (Å²) in [5.74, 6) is 0.224. The predicted octanol–water partition coefficient (Wildman–Crippen LogP) is 11.1. The quantitative estimate of drug-likeness (QED) is 0.154. The van der Waals surface area contributed by atoms with Crippen molar-refractivity contribution in [2.24, 2.45) is 0 Å². The molecular weight excluding hydrogens is 589 g/mol. The van der Waals surface area contributed by atoms with Crippen LogP contribution in [0.2, 0.25) is 0 Å². The smallest absolute Gasteiger partial charge is 0.115 e. The molecule has 3 aromatic heterocycles. The SMILES string of the molecule is CCCCCc1c2nc(c(-c3ccccc3)c3ccc([nH]3)c(-c3ccc(O)cc3)c3nc(c(-c4ccccc4)c4ccc1[nH]4)C=C3)C=C2. The van der Waals surface area contributed by atoms with Gasteiger partial charge in [-0.15, -0.1) is 0 Å². The molecule has 5 heteroatoms. The Kier molecular flexibility index (Phi) is 7.79. The molecule has 234 valence electrons. The molecule has 0 unspecified atom stereocenters. The van der Waals surface area contributed by atoms with E-state index < -0.39 is 0 Å². The summed E-state index contributed by atoms with van der Waals surface area (Å²) in [6, 6.07) is 36.9. The van der Waals surface area contributed by atoms with Crippen LogP contribution in [0, 0.1) is 0 Å². The summed E-state index contributed by atoms with van der Waals surface area (Å²) in [5, 5.41) is 10.2. The molecule has 0 fully saturated rings. The van der Waals surface area contributed by atoms with Crippen molar-refractivity contribution in [3.63, 3.8) is 0 Å². The second-order valence-electron chi connectivity index (χ2n) is 12.3. The number of fused-ring (bicyclic) bond motifs is 8. The molecule has 0 saturated heterocycles. The average Bonchev–Trinajstić information content (AvgIpc) is 3.95. The van der Waals surface area contributed by atoms with E-state index in [0.717, 1.165) is 97.5 Å². The number of aryl methyl sites for hydroxylation is 1. The number of aromatic amines is 2. The van der Waals surface area contributed by atoms with Gasteiger partial charge < -0.3 is 15.1 Å². The van der Waals surface area contributed by atoms with Crippen LogP contribution in [0.25, 0.3) is 79.8 Å². The molecule has 0 saturated carbocycles. The summed E-state index contributed by atoms with van der Waals surface area (Å²) in [7, 11) is 0. The Morgan fingerprint density at radius 2 is 0.917 bits per heavy atom. The number of unbranched alkanes of at least 4 members (excludes halogenated alkanes) is 2. The first kappa shape index (κ1) is 29.5. The molecular formula is C43H36N4O. The van der Waals surface area contributed by atoms with Crippen LogP contribution in [0.1, 0.15) is 54.5 Å². The third kappa shape index (κ3) is 5.54. The van der Waals surface area contributed by atoms with E-state index in [1.54, 1.807) is 12.1 Å². The normalized spacial score (nSPS) is 12.1. The van der Waals surface area contributed by atoms with Crippen molar-refractivity contribution in [3.8, 4) is 39.1 Å². The minimum atomic E-state index is 0.224. The van der Waals surface area contributed by atoms with Crippen LogP contribution in [0.3, 0.4) is 0 Å². The number of nitrogens with zero attached hydrogens (tertiary/aromatic N) is 2. The Labute approximate surface area is 280 Å². The van der Waals surface area contributed by atoms with Gasteiger partial charge in [0.15, 0.2) is 0 Å². The molecule has 5 nitrogen and oxygen atoms in total. The lowest BCUT2D eigenvalue weighted by Crippen LogP contribution is -1.92. The summed E-state index contributed by atoms with van der Waals surface area (Å²) in [4.78, 5) is 18.2. The molecule has 3 aromatic carbocycles. The summed E-state index contributed by atoms with van der Waals surface area (Å²) in [6.07, 6.45) is 12.9. The van der Waals surface area contributed by atoms with Gasteiger partial charge in [0.25, 0.3) is 0 Å². The largest absolute Gasteiger partial charge is 0.508 e. The van der Waals surface area contributed by atoms with E-state index in [0.29, 0.717) is 0 Å². The number of hydrogen-bond acceptors (Lipinski definition) is 3. The van der Waals surface area contributed by atoms with Crippen molar-refractivity contribution in [2.45, 2.75) is 32.6 Å². The highest BCUT2D eigenvalue weighted by molar-refractivity contribution is 5.97. The molecule has 0 amide bonds. The molecule has 6 aromatic rings. The fraction of sp³-hybridized carbons (Fsp3) is 0.116. The number of nitrogens with one attached hydrogen (secondary N) is 2. The highest BCUT2D eigenvalue weighted by Gasteiger charge is 2.18. The first-order valence-electron chi connectivity index (χ1n) is 16.7. The predicted molar refractivity (Wildman–Crippen MR) is 200 cm³/mol. The van der Waals surface area contributed by atoms with E-state index in [2.05, 4.69) is 114 Å². The fourth-order valence-corrected chi connectivity index (χ4v) is 6.83. The maximum absolute atomic E-state index is 10.2. The van der Waals surface area contributed by atoms with Crippen LogP contribution in [0.15, 0.2) is 109 Å². The zero-order valence-corrected chi connectivity index (χ0v) is 26.9. The number of phenolic OH excluding ortho intramolecular Hbond substituents is 1. The van der Waals surface area contributed by atoms with Crippen LogP contribution in [-0.4, -0.2) is 25.0 Å². The zero-order valence-electron chi connectivity index (χ0n) is 26.9. The minimum Gasteiger partial charge on any atom is -0.508 e. The lowest BCUT2D eigenvalue weighted by atomic mass is 10.0. The van der Waals surface area contributed by atoms with E-state index in [1.165, 1.54) is 12.0 Å². The summed E-state index contributed by atoms with van der Waals surface area (Å²) >= 11 is 0. The average molecular weight is 625 g/mol. The van der Waals surface area contributed by atoms with Crippen LogP contribution < -0.4 is 0 Å². The molecule has 5 heterocycles. The summed E-state index contributed by atoms with van der Waals surface area (Å²) in [5.41, 5.74) is 15.0. The molecule has 3 N–H and O–H groups in total. The number of aromatic hydroxyl groups is 1. The highest BCUT2D eigenvalue weighted by Crippen LogP contribution is 2.37. The molecule has 2 aliphatic heterocycles. The number of aromatic nitrogens is 4. The maximum Gasteiger partial charge on any atom is 0.115 e. The van der Waals surface area contributed by atoms with E-state index >= 15 is 0 Å². The van der Waals surface area contributed by atoms with E-state index in [1.807, 2.05) is 24.3 Å². The van der Waals surface area contributed by atoms with Crippen molar-refractivity contribution >= 4 is 46.4 Å². The Morgan fingerprint density at radius 3 is 1.44 bits per heavy atom. The Bertz CT molecular complexity index is 2310. The monoisotopic (exact) mass is 624 g/mol. The Balaban J connectivity index is 1.53. The van der Waals surface area contributed by atoms with Crippen molar-refractivity contribution in [1.29, 1.82) is 0 Å². The van der Waals surface area contributed by atoms with E-state index in [9.17, 15) is 5.11 Å². The lowest BCUT2D eigenvalue weighted by Gasteiger charge is -2.07. The second kappa shape index (κ2) is 12.7. The van der Waals surface area contributed by atoms with Gasteiger partial charge in [-0.1, -0.05) is 92.6 Å². The van der Waals surface area contributed by atoms with Crippen molar-refractivity contribution in [1.82, 2.24) is 19.9 Å². The van der Waals surface area contributed by atoms with Crippen molar-refractivity contribution in [2.75, 3.05) is 0 Å². The second-order valence-corrected chi connectivity index (χ2v) is 12.3. The van der Waals surface area contributed by atoms with Crippen LogP contribution in [-0.2, 0) is 6.42 Å². The summed E-state index contributed by atoms with van der Waals surface area (Å²) < 4.78 is 0. The molecule has 8 bridgehead atoms. The van der Waals surface area contributed by atoms with Gasteiger partial charge in [0.05, 0.1) is 22.8 Å². The molecule has 2 aliphatic rings. The van der Waals surface area contributed by atoms with Gasteiger partial charge in [0.2, 0.25) is 0 Å². The number of hydrogen-bond donors (Lipinski definition) is 3. The number of H-pyrrole nitrogens is 2. The maximum atomic E-state index is 10.2. The number of rotatable bonds is 7. The zero-order chi connectivity index (χ0) is 32.5. The van der Waals surface area contributed by atoms with E-state index in [4.69, 9.17) is 9.97 Å². The van der Waals surface area contributed by atoms with Crippen molar-refractivity contribution in [3.05, 3.63) is 138 Å². The van der Waals surface area contributed by atoms with Gasteiger partial charge in [-0.05, 0) is 90.2 Å². The highest BCUT2D eigenvalue weighted by atomic mass is 16.3. The van der Waals surface area contributed by atoms with Crippen LogP contribution in [0.5, 0.6) is 5.75 Å². The topological polar surface area (TPSA) is 77.6 Å². The van der Waals surface area contributed by atoms with Gasteiger partial charge >= 0.3 is 0 Å². The minimum absolute atomic E-state index is 0.224. The first-order valence-corrected chi connectivity index (χ1v) is 16.7. The standard InChI is InChI=1S/C43H36N4O/c1-2-3-6-15-32-33-20-22-35(44-33)41(28-11-7-4-8-12-28)37-24-26-39(46-37)43(30-16-18-31(48)19-17-30)40-27-25-38(47-40)42(29-13-9-5-10-14-29)36-23-21-34(32)45-36/h4-5,7-14,16-27,44,47-48H,2-3,6,15H2,1H3. The van der Waals surface area contributed by atoms with Gasteiger partial charge in [0.1, 0.15) is 5.75 Å². The molecule has 0 radical (unpaired) electrons. The third-order valence-electron chi connectivity index (χ3n) is 9.17. The van der Waals surface area contributed by atoms with Gasteiger partial charge in [-0.25, -0.2) is 9.97 Å². The molecule has 0 atom stereocenters. The Hall–Kier alpha value is -5.94. The number of phenols is 1. The van der Waals surface area contributed by atoms with Gasteiger partial charge in [-0.3, -0.25) is 0 Å². The van der Waals surface area contributed by atoms with E-state index in [-0.39, 0.29) is 5.75 Å².